The van der Waals surface area contributed by atoms with Crippen molar-refractivity contribution in [2.45, 2.75) is 26.7 Å². The fourth-order valence-electron chi connectivity index (χ4n) is 8.58. The number of hydrogen-bond acceptors (Lipinski definition) is 1. The zero-order valence-corrected chi connectivity index (χ0v) is 31.3. The highest BCUT2D eigenvalue weighted by molar-refractivity contribution is 6.21. The number of phenolic OH excluding ortho intramolecular Hbond substituents is 1. The lowest BCUT2D eigenvalue weighted by molar-refractivity contribution is 0.476. The van der Waals surface area contributed by atoms with Crippen LogP contribution in [0.25, 0.3) is 94.0 Å². The third-order valence-corrected chi connectivity index (χ3v) is 11.0. The topological polar surface area (TPSA) is 20.2 Å². The summed E-state index contributed by atoms with van der Waals surface area (Å²) in [6.07, 6.45) is 6.56. The van der Waals surface area contributed by atoms with Crippen LogP contribution in [0.4, 0.5) is 0 Å². The van der Waals surface area contributed by atoms with E-state index in [-0.39, 0.29) is 5.75 Å². The third-order valence-electron chi connectivity index (χ3n) is 11.0. The molecule has 55 heavy (non-hydrogen) atoms. The second-order valence-corrected chi connectivity index (χ2v) is 14.1. The molecule has 0 unspecified atom stereocenters. The van der Waals surface area contributed by atoms with Crippen molar-refractivity contribution in [2.75, 3.05) is 0 Å². The van der Waals surface area contributed by atoms with Crippen molar-refractivity contribution in [1.82, 2.24) is 0 Å². The van der Waals surface area contributed by atoms with Gasteiger partial charge in [-0.05, 0) is 148 Å². The van der Waals surface area contributed by atoms with E-state index in [4.69, 9.17) is 0 Å². The highest BCUT2D eigenvalue weighted by Gasteiger charge is 2.19. The van der Waals surface area contributed by atoms with Crippen LogP contribution in [0, 0.1) is 0 Å². The second-order valence-electron chi connectivity index (χ2n) is 14.1. The van der Waals surface area contributed by atoms with Gasteiger partial charge in [0.15, 0.2) is 0 Å². The summed E-state index contributed by atoms with van der Waals surface area (Å²) in [6.45, 7) is 4.00. The maximum absolute atomic E-state index is 11.2. The molecule has 1 aliphatic rings. The number of rotatable bonds is 5. The Morgan fingerprint density at radius 1 is 0.400 bits per heavy atom. The molecule has 0 amide bonds. The van der Waals surface area contributed by atoms with E-state index in [1.807, 2.05) is 26.0 Å². The minimum absolute atomic E-state index is 0.273. The van der Waals surface area contributed by atoms with Crippen molar-refractivity contribution in [3.8, 4) is 61.4 Å². The molecule has 0 saturated carbocycles. The minimum Gasteiger partial charge on any atom is -0.508 e. The van der Waals surface area contributed by atoms with E-state index in [9.17, 15) is 5.11 Å². The van der Waals surface area contributed by atoms with Gasteiger partial charge in [-0.3, -0.25) is 0 Å². The lowest BCUT2D eigenvalue weighted by Gasteiger charge is -2.20. The largest absolute Gasteiger partial charge is 0.508 e. The summed E-state index contributed by atoms with van der Waals surface area (Å²) in [5, 5.41) is 18.7. The number of benzene rings is 9. The Labute approximate surface area is 323 Å². The highest BCUT2D eigenvalue weighted by Crippen LogP contribution is 2.45. The summed E-state index contributed by atoms with van der Waals surface area (Å²) >= 11 is 0. The average molecular weight is 707 g/mol. The van der Waals surface area contributed by atoms with E-state index in [1.165, 1.54) is 71.3 Å². The first-order chi connectivity index (χ1) is 27.2. The summed E-state index contributed by atoms with van der Waals surface area (Å²) in [4.78, 5) is 0. The van der Waals surface area contributed by atoms with Crippen molar-refractivity contribution in [1.29, 1.82) is 0 Å². The Morgan fingerprint density at radius 2 is 0.891 bits per heavy atom. The molecule has 0 fully saturated rings. The first-order valence-corrected chi connectivity index (χ1v) is 19.5. The molecule has 0 radical (unpaired) electrons. The van der Waals surface area contributed by atoms with Crippen LogP contribution in [0.15, 0.2) is 182 Å². The van der Waals surface area contributed by atoms with E-state index in [0.717, 1.165) is 40.7 Å². The molecule has 1 N–H and O–H groups in total. The van der Waals surface area contributed by atoms with Gasteiger partial charge in [-0.15, -0.1) is 0 Å². The number of fused-ring (bicyclic) bond motifs is 6. The van der Waals surface area contributed by atoms with Gasteiger partial charge in [-0.2, -0.15) is 0 Å². The van der Waals surface area contributed by atoms with E-state index in [2.05, 4.69) is 176 Å². The Balaban J connectivity index is 0.00000195. The van der Waals surface area contributed by atoms with Gasteiger partial charge in [-0.25, -0.2) is 0 Å². The zero-order valence-electron chi connectivity index (χ0n) is 31.3. The number of allylic oxidation sites excluding steroid dienone is 1. The molecular formula is C54H42O. The number of aromatic hydroxyl groups is 1. The molecule has 1 nitrogen and oxygen atoms in total. The van der Waals surface area contributed by atoms with Crippen LogP contribution in [0.1, 0.15) is 31.4 Å². The summed E-state index contributed by atoms with van der Waals surface area (Å²) in [7, 11) is 0. The molecule has 0 atom stereocenters. The first kappa shape index (κ1) is 34.1. The van der Waals surface area contributed by atoms with E-state index in [0.29, 0.717) is 0 Å². The summed E-state index contributed by atoms with van der Waals surface area (Å²) in [6, 6.07) is 63.0. The van der Waals surface area contributed by atoms with Crippen LogP contribution in [0.3, 0.4) is 0 Å². The molecule has 0 aromatic heterocycles. The molecule has 0 bridgehead atoms. The van der Waals surface area contributed by atoms with Crippen LogP contribution >= 0.6 is 0 Å². The minimum atomic E-state index is 0.273. The Hall–Kier alpha value is -6.70. The smallest absolute Gasteiger partial charge is 0.116 e. The molecule has 264 valence electrons. The fraction of sp³-hybridized carbons (Fsp3) is 0.0741. The van der Waals surface area contributed by atoms with Crippen molar-refractivity contribution >= 4 is 38.4 Å². The van der Waals surface area contributed by atoms with E-state index >= 15 is 0 Å². The predicted octanol–water partition coefficient (Wildman–Crippen LogP) is 15.2. The molecule has 9 aromatic rings. The first-order valence-electron chi connectivity index (χ1n) is 19.5. The van der Waals surface area contributed by atoms with Crippen LogP contribution in [0.2, 0.25) is 0 Å². The van der Waals surface area contributed by atoms with Gasteiger partial charge in [0.1, 0.15) is 5.75 Å². The van der Waals surface area contributed by atoms with Gasteiger partial charge in [0, 0.05) is 0 Å². The van der Waals surface area contributed by atoms with Gasteiger partial charge in [0.25, 0.3) is 0 Å². The Kier molecular flexibility index (Phi) is 9.06. The fourth-order valence-corrected chi connectivity index (χ4v) is 8.58. The lowest BCUT2D eigenvalue weighted by atomic mass is 9.84. The molecule has 0 saturated heterocycles. The maximum Gasteiger partial charge on any atom is 0.116 e. The summed E-state index contributed by atoms with van der Waals surface area (Å²) in [5.41, 5.74) is 14.1. The number of phenols is 1. The molecule has 0 aliphatic heterocycles. The highest BCUT2D eigenvalue weighted by atomic mass is 16.3. The zero-order chi connectivity index (χ0) is 37.3. The Bertz CT molecular complexity index is 2900. The van der Waals surface area contributed by atoms with Crippen LogP contribution < -0.4 is 0 Å². The van der Waals surface area contributed by atoms with Crippen molar-refractivity contribution in [3.63, 3.8) is 0 Å². The molecule has 1 heteroatoms. The van der Waals surface area contributed by atoms with Gasteiger partial charge in [-0.1, -0.05) is 166 Å². The van der Waals surface area contributed by atoms with Crippen LogP contribution in [0.5, 0.6) is 5.75 Å². The summed E-state index contributed by atoms with van der Waals surface area (Å²) < 4.78 is 0. The quantitative estimate of drug-likeness (QED) is 0.177. The molecule has 0 spiro atoms. The van der Waals surface area contributed by atoms with Crippen molar-refractivity contribution in [3.05, 3.63) is 193 Å². The molecule has 10 rings (SSSR count). The van der Waals surface area contributed by atoms with Crippen LogP contribution in [-0.2, 0) is 6.42 Å². The standard InChI is InChI=1S/C52H36O.C2H6/c53-42-31-40(30-41(32-42)50-33-38-16-4-5-21-43(38)44-22-6-7-25-47(44)50)37-19-12-17-35(28-37)36-18-13-20-39(29-36)52-49-27-11-9-24-46(49)45-23-8-10-26-48(45)51(52)34-14-2-1-3-15-34;1-2/h1-6,8-24,26-33,53H,7,25H2;1-2H3. The van der Waals surface area contributed by atoms with Gasteiger partial charge in [0.05, 0.1) is 0 Å². The second kappa shape index (κ2) is 14.6. The molecule has 0 heterocycles. The van der Waals surface area contributed by atoms with Crippen molar-refractivity contribution < 1.29 is 5.11 Å². The van der Waals surface area contributed by atoms with Crippen molar-refractivity contribution in [2.24, 2.45) is 0 Å². The van der Waals surface area contributed by atoms with Gasteiger partial charge < -0.3 is 5.11 Å². The van der Waals surface area contributed by atoms with Gasteiger partial charge >= 0.3 is 0 Å². The molecule has 9 aromatic carbocycles. The van der Waals surface area contributed by atoms with E-state index in [1.54, 1.807) is 0 Å². The van der Waals surface area contributed by atoms with Gasteiger partial charge in [0.2, 0.25) is 0 Å². The third kappa shape index (κ3) is 6.18. The predicted molar refractivity (Wildman–Crippen MR) is 237 cm³/mol. The lowest BCUT2D eigenvalue weighted by Crippen LogP contribution is -1.99. The van der Waals surface area contributed by atoms with E-state index < -0.39 is 0 Å². The maximum atomic E-state index is 11.2. The average Bonchev–Trinajstić information content (AvgIpc) is 3.26. The SMILES string of the molecule is CC.Oc1cc(-c2cccc(-c3cccc(-c4c(-c5ccccc5)c5ccccc5c5ccccc45)c3)c2)cc(-c2cc3ccccc3c3c2CCC=C3)c1. The number of hydrogen-bond donors (Lipinski definition) is 1. The molecular weight excluding hydrogens is 665 g/mol. The normalized spacial score (nSPS) is 12.0. The van der Waals surface area contributed by atoms with Crippen LogP contribution in [-0.4, -0.2) is 5.11 Å². The Morgan fingerprint density at radius 3 is 1.58 bits per heavy atom. The molecule has 1 aliphatic carbocycles. The monoisotopic (exact) mass is 706 g/mol. The summed E-state index contributed by atoms with van der Waals surface area (Å²) in [5.74, 6) is 0.273.